The smallest absolute Gasteiger partial charge is 0.388 e. The van der Waals surface area contributed by atoms with Crippen molar-refractivity contribution >= 4 is 23.9 Å². The summed E-state index contributed by atoms with van der Waals surface area (Å²) < 4.78 is 37.9. The van der Waals surface area contributed by atoms with Crippen molar-refractivity contribution in [3.05, 3.63) is 22.8 Å². The molecule has 1 aliphatic heterocycles. The standard InChI is InChI=1S/C19H27F3N4O/c1-4-26(15-5-7-25(8-6-15)12-19(20,21)22)18-13(2)14(11-27)9-17(24-3)16(18)10-23/h9-11,15,23-24H,4-8,12H2,1-3H3. The minimum atomic E-state index is -4.18. The van der Waals surface area contributed by atoms with Crippen LogP contribution in [0.25, 0.3) is 0 Å². The first-order chi connectivity index (χ1) is 12.8. The van der Waals surface area contributed by atoms with E-state index in [-0.39, 0.29) is 6.04 Å². The molecule has 0 amide bonds. The Hall–Kier alpha value is -2.09. The summed E-state index contributed by atoms with van der Waals surface area (Å²) in [7, 11) is 1.74. The molecule has 0 radical (unpaired) electrons. The zero-order valence-electron chi connectivity index (χ0n) is 16.0. The number of rotatable bonds is 7. The topological polar surface area (TPSA) is 59.4 Å². The van der Waals surface area contributed by atoms with E-state index in [0.29, 0.717) is 49.3 Å². The number of nitrogens with zero attached hydrogens (tertiary/aromatic N) is 2. The Morgan fingerprint density at radius 3 is 2.44 bits per heavy atom. The molecule has 0 saturated carbocycles. The summed E-state index contributed by atoms with van der Waals surface area (Å²) in [6.07, 6.45) is -0.888. The van der Waals surface area contributed by atoms with Crippen LogP contribution < -0.4 is 10.2 Å². The first-order valence-electron chi connectivity index (χ1n) is 9.12. The molecule has 0 atom stereocenters. The fraction of sp³-hybridized carbons (Fsp3) is 0.579. The Balaban J connectivity index is 2.33. The van der Waals surface area contributed by atoms with Crippen molar-refractivity contribution in [3.63, 3.8) is 0 Å². The van der Waals surface area contributed by atoms with Crippen molar-refractivity contribution in [2.45, 2.75) is 38.9 Å². The molecule has 27 heavy (non-hydrogen) atoms. The van der Waals surface area contributed by atoms with Crippen LogP contribution in [-0.2, 0) is 0 Å². The van der Waals surface area contributed by atoms with E-state index in [2.05, 4.69) is 10.2 Å². The summed E-state index contributed by atoms with van der Waals surface area (Å²) in [5, 5.41) is 10.9. The van der Waals surface area contributed by atoms with E-state index in [1.54, 1.807) is 13.1 Å². The van der Waals surface area contributed by atoms with Crippen molar-refractivity contribution < 1.29 is 18.0 Å². The number of halogens is 3. The van der Waals surface area contributed by atoms with E-state index in [4.69, 9.17) is 5.41 Å². The number of carbonyl (C=O) groups excluding carboxylic acids is 1. The third-order valence-electron chi connectivity index (χ3n) is 5.20. The Labute approximate surface area is 158 Å². The van der Waals surface area contributed by atoms with E-state index in [1.807, 2.05) is 13.8 Å². The van der Waals surface area contributed by atoms with Crippen LogP contribution in [-0.4, -0.2) is 62.8 Å². The van der Waals surface area contributed by atoms with Crippen LogP contribution in [0.4, 0.5) is 24.5 Å². The Bertz CT molecular complexity index is 683. The summed E-state index contributed by atoms with van der Waals surface area (Å²) in [6.45, 7) is 4.38. The molecule has 0 aliphatic carbocycles. The van der Waals surface area contributed by atoms with Crippen LogP contribution >= 0.6 is 0 Å². The molecule has 1 fully saturated rings. The fourth-order valence-electron chi connectivity index (χ4n) is 3.89. The second-order valence-corrected chi connectivity index (χ2v) is 6.82. The summed E-state index contributed by atoms with van der Waals surface area (Å²) >= 11 is 0. The van der Waals surface area contributed by atoms with Crippen LogP contribution in [0, 0.1) is 12.3 Å². The van der Waals surface area contributed by atoms with E-state index in [1.165, 1.54) is 11.1 Å². The Morgan fingerprint density at radius 1 is 1.37 bits per heavy atom. The zero-order valence-corrected chi connectivity index (χ0v) is 16.0. The van der Waals surface area contributed by atoms with Crippen molar-refractivity contribution in [2.24, 2.45) is 0 Å². The molecule has 1 saturated heterocycles. The van der Waals surface area contributed by atoms with E-state index < -0.39 is 12.7 Å². The van der Waals surface area contributed by atoms with Gasteiger partial charge in [-0.25, -0.2) is 0 Å². The van der Waals surface area contributed by atoms with E-state index >= 15 is 0 Å². The zero-order chi connectivity index (χ0) is 20.2. The molecule has 8 heteroatoms. The Morgan fingerprint density at radius 2 is 2.00 bits per heavy atom. The molecule has 1 heterocycles. The van der Waals surface area contributed by atoms with Crippen LogP contribution in [0.3, 0.4) is 0 Å². The lowest BCUT2D eigenvalue weighted by molar-refractivity contribution is -0.147. The number of anilines is 2. The molecule has 0 bridgehead atoms. The van der Waals surface area contributed by atoms with Gasteiger partial charge in [0.1, 0.15) is 6.29 Å². The summed E-state index contributed by atoms with van der Waals surface area (Å²) in [5.41, 5.74) is 3.55. The number of hydrogen-bond donors (Lipinski definition) is 2. The number of piperidine rings is 1. The highest BCUT2D eigenvalue weighted by molar-refractivity contribution is 5.98. The lowest BCUT2D eigenvalue weighted by Crippen LogP contribution is -2.47. The maximum absolute atomic E-state index is 12.6. The highest BCUT2D eigenvalue weighted by Gasteiger charge is 2.34. The first-order valence-corrected chi connectivity index (χ1v) is 9.12. The molecule has 150 valence electrons. The van der Waals surface area contributed by atoms with Gasteiger partial charge in [0.05, 0.1) is 12.2 Å². The van der Waals surface area contributed by atoms with Crippen LogP contribution in [0.1, 0.15) is 41.3 Å². The third-order valence-corrected chi connectivity index (χ3v) is 5.20. The molecule has 0 spiro atoms. The van der Waals surface area contributed by atoms with Gasteiger partial charge in [0.2, 0.25) is 0 Å². The minimum Gasteiger partial charge on any atom is -0.388 e. The van der Waals surface area contributed by atoms with Gasteiger partial charge in [-0.15, -0.1) is 0 Å². The average molecular weight is 384 g/mol. The second kappa shape index (κ2) is 8.73. The molecule has 0 unspecified atom stereocenters. The average Bonchev–Trinajstić information content (AvgIpc) is 2.63. The van der Waals surface area contributed by atoms with Gasteiger partial charge < -0.3 is 15.6 Å². The first kappa shape index (κ1) is 21.2. The third kappa shape index (κ3) is 4.80. The van der Waals surface area contributed by atoms with Gasteiger partial charge in [-0.2, -0.15) is 13.2 Å². The predicted molar refractivity (Wildman–Crippen MR) is 103 cm³/mol. The molecular weight excluding hydrogens is 357 g/mol. The molecule has 1 aliphatic rings. The molecule has 0 aromatic heterocycles. The lowest BCUT2D eigenvalue weighted by atomic mass is 9.95. The van der Waals surface area contributed by atoms with Gasteiger partial charge in [-0.05, 0) is 38.3 Å². The van der Waals surface area contributed by atoms with E-state index in [9.17, 15) is 18.0 Å². The molecule has 2 rings (SSSR count). The van der Waals surface area contributed by atoms with Gasteiger partial charge in [0.15, 0.2) is 0 Å². The summed E-state index contributed by atoms with van der Waals surface area (Å²) in [6, 6.07) is 1.80. The fourth-order valence-corrected chi connectivity index (χ4v) is 3.89. The largest absolute Gasteiger partial charge is 0.401 e. The monoisotopic (exact) mass is 384 g/mol. The van der Waals surface area contributed by atoms with Gasteiger partial charge >= 0.3 is 6.18 Å². The van der Waals surface area contributed by atoms with Gasteiger partial charge in [-0.3, -0.25) is 9.69 Å². The van der Waals surface area contributed by atoms with Crippen molar-refractivity contribution in [2.75, 3.05) is 43.4 Å². The highest BCUT2D eigenvalue weighted by Crippen LogP contribution is 2.35. The molecule has 1 aromatic rings. The van der Waals surface area contributed by atoms with Gasteiger partial charge in [0, 0.05) is 55.8 Å². The van der Waals surface area contributed by atoms with E-state index in [0.717, 1.165) is 17.5 Å². The number of aldehydes is 1. The number of hydrogen-bond acceptors (Lipinski definition) is 5. The number of carbonyl (C=O) groups is 1. The lowest BCUT2D eigenvalue weighted by Gasteiger charge is -2.41. The van der Waals surface area contributed by atoms with Crippen LogP contribution in [0.5, 0.6) is 0 Å². The highest BCUT2D eigenvalue weighted by atomic mass is 19.4. The number of nitrogens with one attached hydrogen (secondary N) is 2. The SMILES string of the molecule is CCN(c1c(C)c(C=O)cc(NC)c1C=N)C1CCN(CC(F)(F)F)CC1. The summed E-state index contributed by atoms with van der Waals surface area (Å²) in [5.74, 6) is 0. The maximum atomic E-state index is 12.6. The number of likely N-dealkylation sites (tertiary alicyclic amines) is 1. The van der Waals surface area contributed by atoms with Crippen molar-refractivity contribution in [1.29, 1.82) is 5.41 Å². The maximum Gasteiger partial charge on any atom is 0.401 e. The number of alkyl halides is 3. The van der Waals surface area contributed by atoms with Crippen LogP contribution in [0.2, 0.25) is 0 Å². The molecule has 1 aromatic carbocycles. The number of benzene rings is 1. The predicted octanol–water partition coefficient (Wildman–Crippen LogP) is 3.70. The summed E-state index contributed by atoms with van der Waals surface area (Å²) in [4.78, 5) is 15.1. The van der Waals surface area contributed by atoms with Crippen molar-refractivity contribution in [1.82, 2.24) is 4.90 Å². The van der Waals surface area contributed by atoms with Crippen molar-refractivity contribution in [3.8, 4) is 0 Å². The van der Waals surface area contributed by atoms with Gasteiger partial charge in [0.25, 0.3) is 0 Å². The quantitative estimate of drug-likeness (QED) is 0.556. The molecule has 5 nitrogen and oxygen atoms in total. The molecule has 2 N–H and O–H groups in total. The Kier molecular flexibility index (Phi) is 6.86. The normalized spacial score (nSPS) is 16.2. The van der Waals surface area contributed by atoms with Crippen LogP contribution in [0.15, 0.2) is 6.07 Å². The molecular formula is C19H27F3N4O. The minimum absolute atomic E-state index is 0.0727. The van der Waals surface area contributed by atoms with Gasteiger partial charge in [-0.1, -0.05) is 0 Å². The second-order valence-electron chi connectivity index (χ2n) is 6.82.